The zero-order valence-corrected chi connectivity index (χ0v) is 12.9. The fourth-order valence-electron chi connectivity index (χ4n) is 2.44. The summed E-state index contributed by atoms with van der Waals surface area (Å²) in [6.45, 7) is 2.32. The second kappa shape index (κ2) is 5.95. The number of nitrogens with two attached hydrogens (primary N) is 2. The molecule has 122 valence electrons. The van der Waals surface area contributed by atoms with Crippen LogP contribution in [0.1, 0.15) is 11.1 Å². The summed E-state index contributed by atoms with van der Waals surface area (Å²) in [6, 6.07) is 6.30. The summed E-state index contributed by atoms with van der Waals surface area (Å²) >= 11 is 0. The topological polar surface area (TPSA) is 146 Å². The van der Waals surface area contributed by atoms with Crippen LogP contribution in [-0.2, 0) is 6.54 Å². The normalized spacial score (nSPS) is 10.7. The molecule has 0 aliphatic heterocycles. The number of nitrogens with one attached hydrogen (secondary N) is 1. The van der Waals surface area contributed by atoms with E-state index in [1.54, 1.807) is 18.3 Å². The highest BCUT2D eigenvalue weighted by Crippen LogP contribution is 2.24. The van der Waals surface area contributed by atoms with Crippen molar-refractivity contribution in [2.24, 2.45) is 0 Å². The summed E-state index contributed by atoms with van der Waals surface area (Å²) in [5, 5.41) is 14.6. The van der Waals surface area contributed by atoms with Gasteiger partial charge in [0.25, 0.3) is 5.69 Å². The molecule has 1 aromatic carbocycles. The Morgan fingerprint density at radius 1 is 1.29 bits per heavy atom. The lowest BCUT2D eigenvalue weighted by Crippen LogP contribution is -2.07. The second-order valence-corrected chi connectivity index (χ2v) is 5.24. The van der Waals surface area contributed by atoms with E-state index in [4.69, 9.17) is 11.5 Å². The van der Waals surface area contributed by atoms with Gasteiger partial charge in [-0.05, 0) is 24.1 Å². The van der Waals surface area contributed by atoms with Crippen LogP contribution < -0.4 is 16.8 Å². The first-order valence-electron chi connectivity index (χ1n) is 7.11. The molecule has 9 nitrogen and oxygen atoms in total. The Hall–Kier alpha value is -3.49. The highest BCUT2D eigenvalue weighted by Gasteiger charge is 2.12. The molecular formula is C15H15N7O2. The molecule has 2 aromatic heterocycles. The molecule has 24 heavy (non-hydrogen) atoms. The standard InChI is InChI=1S/C15H15N7O2/c1-8-9(6-18-10-3-2-4-11(5-10)22(23)24)7-19-14-12(8)13(16)20-15(17)21-14/h2-5,7,18H,6H2,1H3,(H4,16,17,19,20,21). The molecular weight excluding hydrogens is 310 g/mol. The summed E-state index contributed by atoms with van der Waals surface area (Å²) < 4.78 is 0. The number of nitrogen functional groups attached to an aromatic ring is 2. The quantitative estimate of drug-likeness (QED) is 0.487. The number of fused-ring (bicyclic) bond motifs is 1. The fraction of sp³-hybridized carbons (Fsp3) is 0.133. The number of nitrogens with zero attached hydrogens (tertiary/aromatic N) is 4. The van der Waals surface area contributed by atoms with E-state index < -0.39 is 4.92 Å². The van der Waals surface area contributed by atoms with Gasteiger partial charge in [0, 0.05) is 30.6 Å². The number of rotatable bonds is 4. The van der Waals surface area contributed by atoms with Crippen LogP contribution in [0.4, 0.5) is 23.1 Å². The minimum absolute atomic E-state index is 0.0291. The highest BCUT2D eigenvalue weighted by molar-refractivity contribution is 5.89. The molecule has 9 heteroatoms. The van der Waals surface area contributed by atoms with Gasteiger partial charge in [-0.25, -0.2) is 4.98 Å². The van der Waals surface area contributed by atoms with Crippen LogP contribution in [0, 0.1) is 17.0 Å². The zero-order valence-electron chi connectivity index (χ0n) is 12.9. The van der Waals surface area contributed by atoms with Gasteiger partial charge in [0.05, 0.1) is 10.3 Å². The van der Waals surface area contributed by atoms with Crippen LogP contribution in [0.2, 0.25) is 0 Å². The molecule has 0 saturated heterocycles. The molecule has 0 amide bonds. The van der Waals surface area contributed by atoms with Crippen molar-refractivity contribution < 1.29 is 4.92 Å². The Kier molecular flexibility index (Phi) is 3.82. The molecule has 5 N–H and O–H groups in total. The number of non-ortho nitro benzene ring substituents is 1. The number of hydrogen-bond acceptors (Lipinski definition) is 8. The summed E-state index contributed by atoms with van der Waals surface area (Å²) in [5.74, 6) is 0.356. The summed E-state index contributed by atoms with van der Waals surface area (Å²) in [5.41, 5.74) is 14.4. The van der Waals surface area contributed by atoms with E-state index in [9.17, 15) is 10.1 Å². The zero-order chi connectivity index (χ0) is 17.3. The summed E-state index contributed by atoms with van der Waals surface area (Å²) in [7, 11) is 0. The van der Waals surface area contributed by atoms with Crippen LogP contribution in [0.25, 0.3) is 11.0 Å². The van der Waals surface area contributed by atoms with Crippen LogP contribution >= 0.6 is 0 Å². The molecule has 3 rings (SSSR count). The van der Waals surface area contributed by atoms with Crippen LogP contribution in [0.5, 0.6) is 0 Å². The van der Waals surface area contributed by atoms with E-state index in [2.05, 4.69) is 20.3 Å². The summed E-state index contributed by atoms with van der Waals surface area (Å²) in [4.78, 5) is 22.7. The van der Waals surface area contributed by atoms with Crippen LogP contribution in [-0.4, -0.2) is 19.9 Å². The predicted molar refractivity (Wildman–Crippen MR) is 91.3 cm³/mol. The molecule has 0 atom stereocenters. The van der Waals surface area contributed by atoms with Gasteiger partial charge in [0.2, 0.25) is 5.95 Å². The molecule has 3 aromatic rings. The number of anilines is 3. The number of nitro groups is 1. The lowest BCUT2D eigenvalue weighted by Gasteiger charge is -2.11. The van der Waals surface area contributed by atoms with E-state index in [-0.39, 0.29) is 17.5 Å². The third-order valence-electron chi connectivity index (χ3n) is 3.67. The number of aromatic nitrogens is 3. The van der Waals surface area contributed by atoms with Gasteiger partial charge in [-0.1, -0.05) is 6.07 Å². The Bertz CT molecular complexity index is 942. The maximum Gasteiger partial charge on any atom is 0.271 e. The van der Waals surface area contributed by atoms with Crippen molar-refractivity contribution in [2.75, 3.05) is 16.8 Å². The van der Waals surface area contributed by atoms with Gasteiger partial charge in [-0.15, -0.1) is 0 Å². The smallest absolute Gasteiger partial charge is 0.271 e. The predicted octanol–water partition coefficient (Wildman–Crippen LogP) is 2.02. The average Bonchev–Trinajstić information content (AvgIpc) is 2.54. The van der Waals surface area contributed by atoms with E-state index in [0.29, 0.717) is 23.3 Å². The maximum absolute atomic E-state index is 10.8. The van der Waals surface area contributed by atoms with Crippen molar-refractivity contribution in [1.82, 2.24) is 15.0 Å². The van der Waals surface area contributed by atoms with Gasteiger partial charge < -0.3 is 16.8 Å². The molecule has 0 aliphatic carbocycles. The Morgan fingerprint density at radius 3 is 2.83 bits per heavy atom. The number of benzene rings is 1. The van der Waals surface area contributed by atoms with E-state index in [1.807, 2.05) is 6.92 Å². The molecule has 0 fully saturated rings. The largest absolute Gasteiger partial charge is 0.383 e. The third-order valence-corrected chi connectivity index (χ3v) is 3.67. The third kappa shape index (κ3) is 2.86. The number of pyridine rings is 1. The first-order valence-corrected chi connectivity index (χ1v) is 7.11. The maximum atomic E-state index is 10.8. The van der Waals surface area contributed by atoms with Crippen molar-refractivity contribution >= 4 is 34.2 Å². The van der Waals surface area contributed by atoms with Crippen molar-refractivity contribution in [3.63, 3.8) is 0 Å². The Morgan fingerprint density at radius 2 is 2.08 bits per heavy atom. The average molecular weight is 325 g/mol. The Labute approximate surface area is 136 Å². The summed E-state index contributed by atoms with van der Waals surface area (Å²) in [6.07, 6.45) is 1.67. The molecule has 0 radical (unpaired) electrons. The van der Waals surface area contributed by atoms with Gasteiger partial charge in [-0.3, -0.25) is 10.1 Å². The molecule has 0 bridgehead atoms. The number of nitro benzene ring substituents is 1. The van der Waals surface area contributed by atoms with Gasteiger partial charge in [0.15, 0.2) is 5.65 Å². The highest BCUT2D eigenvalue weighted by atomic mass is 16.6. The lowest BCUT2D eigenvalue weighted by atomic mass is 10.1. The van der Waals surface area contributed by atoms with Crippen molar-refractivity contribution in [3.8, 4) is 0 Å². The monoisotopic (exact) mass is 325 g/mol. The van der Waals surface area contributed by atoms with Gasteiger partial charge >= 0.3 is 0 Å². The molecule has 0 saturated carbocycles. The van der Waals surface area contributed by atoms with E-state index in [0.717, 1.165) is 11.1 Å². The first-order chi connectivity index (χ1) is 11.5. The van der Waals surface area contributed by atoms with E-state index in [1.165, 1.54) is 12.1 Å². The lowest BCUT2D eigenvalue weighted by molar-refractivity contribution is -0.384. The Balaban J connectivity index is 1.90. The molecule has 2 heterocycles. The minimum atomic E-state index is -0.434. The first kappa shape index (κ1) is 15.4. The second-order valence-electron chi connectivity index (χ2n) is 5.24. The number of aryl methyl sites for hydroxylation is 1. The number of hydrogen-bond donors (Lipinski definition) is 3. The SMILES string of the molecule is Cc1c(CNc2cccc([N+](=O)[O-])c2)cnc2nc(N)nc(N)c12. The van der Waals surface area contributed by atoms with Crippen LogP contribution in [0.15, 0.2) is 30.5 Å². The van der Waals surface area contributed by atoms with Gasteiger partial charge in [0.1, 0.15) is 5.82 Å². The fourth-order valence-corrected chi connectivity index (χ4v) is 2.44. The van der Waals surface area contributed by atoms with Crippen molar-refractivity contribution in [3.05, 3.63) is 51.7 Å². The van der Waals surface area contributed by atoms with Crippen LogP contribution in [0.3, 0.4) is 0 Å². The van der Waals surface area contributed by atoms with Crippen molar-refractivity contribution in [2.45, 2.75) is 13.5 Å². The van der Waals surface area contributed by atoms with E-state index >= 15 is 0 Å². The van der Waals surface area contributed by atoms with Crippen molar-refractivity contribution in [1.29, 1.82) is 0 Å². The molecule has 0 aliphatic rings. The minimum Gasteiger partial charge on any atom is -0.383 e. The van der Waals surface area contributed by atoms with Gasteiger partial charge in [-0.2, -0.15) is 9.97 Å². The molecule has 0 unspecified atom stereocenters. The molecule has 0 spiro atoms.